The zero-order valence-electron chi connectivity index (χ0n) is 15.9. The van der Waals surface area contributed by atoms with Crippen molar-refractivity contribution in [2.75, 3.05) is 23.7 Å². The van der Waals surface area contributed by atoms with E-state index in [0.717, 1.165) is 36.7 Å². The van der Waals surface area contributed by atoms with Gasteiger partial charge in [0.2, 0.25) is 5.95 Å². The summed E-state index contributed by atoms with van der Waals surface area (Å²) in [5, 5.41) is 9.01. The molecule has 1 atom stereocenters. The summed E-state index contributed by atoms with van der Waals surface area (Å²) in [7, 11) is 0. The summed E-state index contributed by atoms with van der Waals surface area (Å²) < 4.78 is 40.3. The summed E-state index contributed by atoms with van der Waals surface area (Å²) >= 11 is 0. The summed E-state index contributed by atoms with van der Waals surface area (Å²) in [6, 6.07) is 7.10. The van der Waals surface area contributed by atoms with Gasteiger partial charge < -0.3 is 16.0 Å². The van der Waals surface area contributed by atoms with Crippen LogP contribution in [-0.2, 0) is 6.18 Å². The van der Waals surface area contributed by atoms with Crippen LogP contribution < -0.4 is 16.0 Å². The molecule has 4 rings (SSSR count). The van der Waals surface area contributed by atoms with Gasteiger partial charge in [-0.05, 0) is 37.6 Å². The summed E-state index contributed by atoms with van der Waals surface area (Å²) in [6.07, 6.45) is 3.00. The molecule has 0 saturated carbocycles. The van der Waals surface area contributed by atoms with Crippen molar-refractivity contribution in [1.29, 1.82) is 0 Å². The lowest BCUT2D eigenvalue weighted by Crippen LogP contribution is -2.38. The van der Waals surface area contributed by atoms with Crippen LogP contribution in [0.25, 0.3) is 11.1 Å². The smallest absolute Gasteiger partial charge is 0.350 e. The highest BCUT2D eigenvalue weighted by molar-refractivity contribution is 5.65. The van der Waals surface area contributed by atoms with Crippen molar-refractivity contribution in [1.82, 2.24) is 25.3 Å². The maximum atomic E-state index is 13.4. The van der Waals surface area contributed by atoms with Crippen molar-refractivity contribution in [2.45, 2.75) is 25.1 Å². The Morgan fingerprint density at radius 3 is 2.57 bits per heavy atom. The second-order valence-corrected chi connectivity index (χ2v) is 6.94. The molecule has 156 valence electrons. The average molecular weight is 415 g/mol. The van der Waals surface area contributed by atoms with Gasteiger partial charge in [-0.1, -0.05) is 6.07 Å². The topological polar surface area (TPSA) is 87.7 Å². The molecule has 3 aromatic heterocycles. The van der Waals surface area contributed by atoms with E-state index in [1.807, 2.05) is 6.07 Å². The van der Waals surface area contributed by atoms with Gasteiger partial charge in [-0.15, -0.1) is 0 Å². The number of pyridine rings is 2. The van der Waals surface area contributed by atoms with Crippen LogP contribution in [-0.4, -0.2) is 39.1 Å². The fourth-order valence-electron chi connectivity index (χ4n) is 3.21. The van der Waals surface area contributed by atoms with Crippen LogP contribution in [0.4, 0.5) is 30.8 Å². The molecule has 0 aromatic carbocycles. The van der Waals surface area contributed by atoms with Gasteiger partial charge in [0.1, 0.15) is 17.2 Å². The van der Waals surface area contributed by atoms with E-state index in [9.17, 15) is 13.2 Å². The lowest BCUT2D eigenvalue weighted by atomic mass is 10.1. The number of alkyl halides is 3. The molecule has 1 saturated heterocycles. The minimum absolute atomic E-state index is 0.0697. The van der Waals surface area contributed by atoms with E-state index in [1.54, 1.807) is 36.8 Å². The highest BCUT2D eigenvalue weighted by Gasteiger charge is 2.35. The van der Waals surface area contributed by atoms with Crippen LogP contribution in [0.15, 0.2) is 49.1 Å². The summed E-state index contributed by atoms with van der Waals surface area (Å²) in [5.41, 5.74) is 0.717. The van der Waals surface area contributed by atoms with Crippen LogP contribution in [0, 0.1) is 0 Å². The number of anilines is 3. The van der Waals surface area contributed by atoms with E-state index < -0.39 is 11.7 Å². The zero-order chi connectivity index (χ0) is 21.0. The quantitative estimate of drug-likeness (QED) is 0.583. The molecule has 0 amide bonds. The van der Waals surface area contributed by atoms with Gasteiger partial charge in [-0.2, -0.15) is 18.2 Å². The Balaban J connectivity index is 1.57. The van der Waals surface area contributed by atoms with Gasteiger partial charge in [0.05, 0.1) is 0 Å². The molecule has 1 fully saturated rings. The number of aromatic nitrogens is 4. The van der Waals surface area contributed by atoms with Crippen molar-refractivity contribution in [3.8, 4) is 11.1 Å². The van der Waals surface area contributed by atoms with Crippen molar-refractivity contribution in [2.24, 2.45) is 0 Å². The zero-order valence-corrected chi connectivity index (χ0v) is 15.9. The molecular formula is C20H20F3N7. The van der Waals surface area contributed by atoms with E-state index in [2.05, 4.69) is 35.9 Å². The number of halogens is 3. The van der Waals surface area contributed by atoms with Crippen molar-refractivity contribution >= 4 is 17.6 Å². The fourth-order valence-corrected chi connectivity index (χ4v) is 3.21. The number of rotatable bonds is 5. The SMILES string of the molecule is FC(F)(F)c1cnc(N[C@H]2CCCNC2)nc1Nc1ccc(-c2cccnc2)cn1. The minimum Gasteiger partial charge on any atom is -0.350 e. The van der Waals surface area contributed by atoms with Crippen LogP contribution in [0.3, 0.4) is 0 Å². The van der Waals surface area contributed by atoms with E-state index in [-0.39, 0.29) is 23.6 Å². The third-order valence-electron chi connectivity index (χ3n) is 4.73. The van der Waals surface area contributed by atoms with Crippen molar-refractivity contribution in [3.05, 3.63) is 54.6 Å². The fraction of sp³-hybridized carbons (Fsp3) is 0.300. The Morgan fingerprint density at radius 1 is 1.03 bits per heavy atom. The Morgan fingerprint density at radius 2 is 1.90 bits per heavy atom. The first-order chi connectivity index (χ1) is 14.5. The number of piperidine rings is 1. The molecule has 7 nitrogen and oxygen atoms in total. The summed E-state index contributed by atoms with van der Waals surface area (Å²) in [6.45, 7) is 1.64. The maximum absolute atomic E-state index is 13.4. The van der Waals surface area contributed by atoms with Gasteiger partial charge in [-0.25, -0.2) is 9.97 Å². The molecule has 1 aliphatic heterocycles. The number of nitrogens with zero attached hydrogens (tertiary/aromatic N) is 4. The average Bonchev–Trinajstić information content (AvgIpc) is 2.75. The second-order valence-electron chi connectivity index (χ2n) is 6.94. The Labute approximate surface area is 171 Å². The van der Waals surface area contributed by atoms with Gasteiger partial charge in [0.15, 0.2) is 0 Å². The van der Waals surface area contributed by atoms with E-state index in [4.69, 9.17) is 0 Å². The van der Waals surface area contributed by atoms with E-state index >= 15 is 0 Å². The van der Waals surface area contributed by atoms with Crippen LogP contribution >= 0.6 is 0 Å². The van der Waals surface area contributed by atoms with Crippen molar-refractivity contribution < 1.29 is 13.2 Å². The monoisotopic (exact) mass is 415 g/mol. The van der Waals surface area contributed by atoms with Gasteiger partial charge in [0.25, 0.3) is 0 Å². The minimum atomic E-state index is -4.59. The third-order valence-corrected chi connectivity index (χ3v) is 4.73. The molecule has 0 spiro atoms. The maximum Gasteiger partial charge on any atom is 0.421 e. The van der Waals surface area contributed by atoms with Crippen molar-refractivity contribution in [3.63, 3.8) is 0 Å². The standard InChI is InChI=1S/C20H20F3N7/c21-20(22,23)16-12-27-19(28-15-4-2-8-25-11-15)30-18(16)29-17-6-5-14(10-26-17)13-3-1-7-24-9-13/h1,3,5-7,9-10,12,15,25H,2,4,8,11H2,(H2,26,27,28,29,30)/t15-/m0/s1. The molecule has 3 N–H and O–H groups in total. The van der Waals surface area contributed by atoms with Crippen LogP contribution in [0.1, 0.15) is 18.4 Å². The highest BCUT2D eigenvalue weighted by atomic mass is 19.4. The predicted molar refractivity (Wildman–Crippen MR) is 107 cm³/mol. The number of hydrogen-bond donors (Lipinski definition) is 3. The first kappa shape index (κ1) is 20.0. The first-order valence-corrected chi connectivity index (χ1v) is 9.54. The molecule has 10 heteroatoms. The number of hydrogen-bond acceptors (Lipinski definition) is 7. The molecule has 0 radical (unpaired) electrons. The highest BCUT2D eigenvalue weighted by Crippen LogP contribution is 2.35. The molecular weight excluding hydrogens is 395 g/mol. The molecule has 0 aliphatic carbocycles. The summed E-state index contributed by atoms with van der Waals surface area (Å²) in [5.74, 6) is 0.0497. The van der Waals surface area contributed by atoms with Crippen LogP contribution in [0.2, 0.25) is 0 Å². The Kier molecular flexibility index (Phi) is 5.75. The Hall–Kier alpha value is -3.27. The second kappa shape index (κ2) is 8.62. The van der Waals surface area contributed by atoms with E-state index in [0.29, 0.717) is 6.54 Å². The van der Waals surface area contributed by atoms with Gasteiger partial charge >= 0.3 is 6.18 Å². The van der Waals surface area contributed by atoms with Crippen LogP contribution in [0.5, 0.6) is 0 Å². The summed E-state index contributed by atoms with van der Waals surface area (Å²) in [4.78, 5) is 16.2. The molecule has 0 unspecified atom stereocenters. The molecule has 4 heterocycles. The lowest BCUT2D eigenvalue weighted by Gasteiger charge is -2.24. The predicted octanol–water partition coefficient (Wildman–Crippen LogP) is 3.86. The first-order valence-electron chi connectivity index (χ1n) is 9.54. The van der Waals surface area contributed by atoms with Gasteiger partial charge in [-0.3, -0.25) is 4.98 Å². The third kappa shape index (κ3) is 4.82. The molecule has 0 bridgehead atoms. The normalized spacial score (nSPS) is 16.8. The van der Waals surface area contributed by atoms with Gasteiger partial charge in [0, 0.05) is 48.5 Å². The molecule has 1 aliphatic rings. The molecule has 3 aromatic rings. The van der Waals surface area contributed by atoms with E-state index in [1.165, 1.54) is 0 Å². The number of nitrogens with one attached hydrogen (secondary N) is 3. The lowest BCUT2D eigenvalue weighted by molar-refractivity contribution is -0.137. The Bertz CT molecular complexity index is 972. The molecule has 30 heavy (non-hydrogen) atoms. The largest absolute Gasteiger partial charge is 0.421 e.